The molecule has 2 rings (SSSR count). The average molecular weight is 246 g/mol. The van der Waals surface area contributed by atoms with Crippen LogP contribution in [0.5, 0.6) is 0 Å². The molecule has 94 valence electrons. The Morgan fingerprint density at radius 1 is 1.31 bits per heavy atom. The zero-order valence-corrected chi connectivity index (χ0v) is 10.8. The lowest BCUT2D eigenvalue weighted by Gasteiger charge is -2.23. The Bertz CT molecular complexity index is 338. The van der Waals surface area contributed by atoms with Crippen molar-refractivity contribution in [1.29, 1.82) is 0 Å². The molecule has 1 unspecified atom stereocenters. The third-order valence-corrected chi connectivity index (χ3v) is 5.32. The van der Waals surface area contributed by atoms with Gasteiger partial charge in [0.15, 0.2) is 9.84 Å². The number of hydrogen-bond acceptors (Lipinski definition) is 4. The molecule has 0 amide bonds. The van der Waals surface area contributed by atoms with Crippen LogP contribution in [0, 0.1) is 0 Å². The van der Waals surface area contributed by atoms with Crippen molar-refractivity contribution in [3.05, 3.63) is 0 Å². The molecule has 16 heavy (non-hydrogen) atoms. The molecule has 1 aliphatic heterocycles. The predicted octanol–water partition coefficient (Wildman–Crippen LogP) is 0.295. The Labute approximate surface area is 98.1 Å². The van der Waals surface area contributed by atoms with E-state index < -0.39 is 9.84 Å². The second kappa shape index (κ2) is 4.63. The van der Waals surface area contributed by atoms with E-state index in [1.54, 1.807) is 0 Å². The second-order valence-corrected chi connectivity index (χ2v) is 7.60. The lowest BCUT2D eigenvalue weighted by molar-refractivity contribution is 0.392. The second-order valence-electron chi connectivity index (χ2n) is 5.41. The van der Waals surface area contributed by atoms with Gasteiger partial charge in [0.1, 0.15) is 0 Å². The van der Waals surface area contributed by atoms with Crippen LogP contribution in [0.15, 0.2) is 0 Å². The smallest absolute Gasteiger partial charge is 0.152 e. The minimum Gasteiger partial charge on any atom is -0.314 e. The summed E-state index contributed by atoms with van der Waals surface area (Å²) in [6.45, 7) is 3.97. The number of rotatable bonds is 6. The fourth-order valence-electron chi connectivity index (χ4n) is 2.22. The van der Waals surface area contributed by atoms with Crippen LogP contribution in [-0.2, 0) is 9.84 Å². The molecule has 2 N–H and O–H groups in total. The van der Waals surface area contributed by atoms with Crippen LogP contribution in [0.2, 0.25) is 0 Å². The van der Waals surface area contributed by atoms with Crippen molar-refractivity contribution >= 4 is 9.84 Å². The Hall–Kier alpha value is -0.130. The molecule has 1 saturated carbocycles. The Morgan fingerprint density at radius 2 is 2.06 bits per heavy atom. The molecular formula is C11H22N2O2S. The van der Waals surface area contributed by atoms with Crippen LogP contribution >= 0.6 is 0 Å². The van der Waals surface area contributed by atoms with Crippen molar-refractivity contribution in [1.82, 2.24) is 10.6 Å². The quantitative estimate of drug-likeness (QED) is 0.662. The molecular weight excluding hydrogens is 224 g/mol. The Kier molecular flexibility index (Phi) is 3.56. The van der Waals surface area contributed by atoms with E-state index in [2.05, 4.69) is 10.6 Å². The molecule has 2 aliphatic rings. The van der Waals surface area contributed by atoms with Crippen LogP contribution in [0.4, 0.5) is 0 Å². The third-order valence-electron chi connectivity index (χ3n) is 3.42. The van der Waals surface area contributed by atoms with Gasteiger partial charge in [-0.3, -0.25) is 0 Å². The molecule has 2 fully saturated rings. The van der Waals surface area contributed by atoms with E-state index in [1.807, 2.05) is 6.92 Å². The van der Waals surface area contributed by atoms with Crippen molar-refractivity contribution in [2.45, 2.75) is 44.2 Å². The van der Waals surface area contributed by atoms with E-state index in [4.69, 9.17) is 0 Å². The van der Waals surface area contributed by atoms with Crippen molar-refractivity contribution < 1.29 is 8.42 Å². The lowest BCUT2D eigenvalue weighted by Crippen LogP contribution is -2.44. The maximum atomic E-state index is 11.4. The van der Waals surface area contributed by atoms with Gasteiger partial charge in [-0.05, 0) is 45.7 Å². The van der Waals surface area contributed by atoms with E-state index >= 15 is 0 Å². The first-order valence-corrected chi connectivity index (χ1v) is 8.00. The highest BCUT2D eigenvalue weighted by Crippen LogP contribution is 2.22. The highest BCUT2D eigenvalue weighted by atomic mass is 32.2. The van der Waals surface area contributed by atoms with Gasteiger partial charge in [-0.15, -0.1) is 0 Å². The van der Waals surface area contributed by atoms with Gasteiger partial charge in [-0.1, -0.05) is 0 Å². The van der Waals surface area contributed by atoms with E-state index in [0.29, 0.717) is 11.5 Å². The zero-order valence-electron chi connectivity index (χ0n) is 9.96. The molecule has 0 aromatic carbocycles. The maximum absolute atomic E-state index is 11.4. The molecule has 1 heterocycles. The zero-order chi connectivity index (χ0) is 11.6. The largest absolute Gasteiger partial charge is 0.314 e. The van der Waals surface area contributed by atoms with Gasteiger partial charge in [0.25, 0.3) is 0 Å². The predicted molar refractivity (Wildman–Crippen MR) is 65.3 cm³/mol. The molecule has 5 heteroatoms. The minimum atomic E-state index is -2.78. The SMILES string of the molecule is CC1(NCCCNC2CC2)CCS(=O)(=O)C1. The standard InChI is InChI=1S/C11H22N2O2S/c1-11(5-8-16(14,15)9-11)13-7-2-6-12-10-3-4-10/h10,12-13H,2-9H2,1H3. The molecule has 0 bridgehead atoms. The maximum Gasteiger partial charge on any atom is 0.152 e. The number of sulfone groups is 1. The molecule has 0 spiro atoms. The Morgan fingerprint density at radius 3 is 2.62 bits per heavy atom. The Balaban J connectivity index is 1.61. The average Bonchev–Trinajstić information content (AvgIpc) is 2.94. The molecule has 1 aliphatic carbocycles. The van der Waals surface area contributed by atoms with Crippen LogP contribution in [0.3, 0.4) is 0 Å². The third kappa shape index (κ3) is 3.71. The van der Waals surface area contributed by atoms with Crippen LogP contribution in [0.25, 0.3) is 0 Å². The first kappa shape index (κ1) is 12.3. The summed E-state index contributed by atoms with van der Waals surface area (Å²) >= 11 is 0. The highest BCUT2D eigenvalue weighted by Gasteiger charge is 2.37. The van der Waals surface area contributed by atoms with Crippen molar-refractivity contribution in [2.75, 3.05) is 24.6 Å². The minimum absolute atomic E-state index is 0.182. The molecule has 4 nitrogen and oxygen atoms in total. The monoisotopic (exact) mass is 246 g/mol. The summed E-state index contributed by atoms with van der Waals surface area (Å²) in [4.78, 5) is 0. The van der Waals surface area contributed by atoms with Crippen molar-refractivity contribution in [3.63, 3.8) is 0 Å². The molecule has 0 aromatic rings. The first-order chi connectivity index (χ1) is 7.49. The van der Waals surface area contributed by atoms with Crippen molar-refractivity contribution in [2.24, 2.45) is 0 Å². The summed E-state index contributed by atoms with van der Waals surface area (Å²) < 4.78 is 22.8. The highest BCUT2D eigenvalue weighted by molar-refractivity contribution is 7.91. The molecule has 1 atom stereocenters. The summed E-state index contributed by atoms with van der Waals surface area (Å²) in [5.74, 6) is 0.646. The van der Waals surface area contributed by atoms with Crippen LogP contribution in [-0.4, -0.2) is 44.6 Å². The summed E-state index contributed by atoms with van der Waals surface area (Å²) in [5, 5.41) is 6.84. The van der Waals surface area contributed by atoms with Gasteiger partial charge in [-0.25, -0.2) is 8.42 Å². The van der Waals surface area contributed by atoms with Gasteiger partial charge in [-0.2, -0.15) is 0 Å². The van der Waals surface area contributed by atoms with E-state index in [-0.39, 0.29) is 5.54 Å². The van der Waals surface area contributed by atoms with Gasteiger partial charge in [0.05, 0.1) is 11.5 Å². The van der Waals surface area contributed by atoms with E-state index in [1.165, 1.54) is 12.8 Å². The fraction of sp³-hybridized carbons (Fsp3) is 1.00. The van der Waals surface area contributed by atoms with E-state index in [9.17, 15) is 8.42 Å². The van der Waals surface area contributed by atoms with Crippen molar-refractivity contribution in [3.8, 4) is 0 Å². The normalized spacial score (nSPS) is 33.1. The summed E-state index contributed by atoms with van der Waals surface area (Å²) in [6.07, 6.45) is 4.48. The van der Waals surface area contributed by atoms with Crippen LogP contribution in [0.1, 0.15) is 32.6 Å². The summed E-state index contributed by atoms with van der Waals surface area (Å²) in [6, 6.07) is 0.766. The molecule has 0 aromatic heterocycles. The number of nitrogens with one attached hydrogen (secondary N) is 2. The van der Waals surface area contributed by atoms with Gasteiger partial charge >= 0.3 is 0 Å². The van der Waals surface area contributed by atoms with Gasteiger partial charge in [0, 0.05) is 11.6 Å². The van der Waals surface area contributed by atoms with E-state index in [0.717, 1.165) is 32.0 Å². The topological polar surface area (TPSA) is 58.2 Å². The first-order valence-electron chi connectivity index (χ1n) is 6.18. The molecule has 1 saturated heterocycles. The lowest BCUT2D eigenvalue weighted by atomic mass is 10.0. The fourth-order valence-corrected chi connectivity index (χ4v) is 4.35. The summed E-state index contributed by atoms with van der Waals surface area (Å²) in [7, 11) is -2.78. The summed E-state index contributed by atoms with van der Waals surface area (Å²) in [5.41, 5.74) is -0.182. The van der Waals surface area contributed by atoms with Gasteiger partial charge < -0.3 is 10.6 Å². The molecule has 0 radical (unpaired) electrons. The number of hydrogen-bond donors (Lipinski definition) is 2. The van der Waals surface area contributed by atoms with Gasteiger partial charge in [0.2, 0.25) is 0 Å². The van der Waals surface area contributed by atoms with Crippen LogP contribution < -0.4 is 10.6 Å².